The highest BCUT2D eigenvalue weighted by atomic mass is 32.1. The molecule has 0 atom stereocenters. The van der Waals surface area contributed by atoms with Crippen molar-refractivity contribution in [3.05, 3.63) is 29.8 Å². The molecule has 3 N–H and O–H groups in total. The lowest BCUT2D eigenvalue weighted by Crippen LogP contribution is -2.50. The summed E-state index contributed by atoms with van der Waals surface area (Å²) in [4.78, 5) is 24.3. The molecule has 1 aliphatic rings. The fourth-order valence-corrected chi connectivity index (χ4v) is 2.87. The number of hydrazine groups is 1. The van der Waals surface area contributed by atoms with Crippen molar-refractivity contribution in [2.45, 2.75) is 39.0 Å². The third-order valence-electron chi connectivity index (χ3n) is 3.93. The Balaban J connectivity index is 1.83. The number of para-hydroxylation sites is 1. The third-order valence-corrected chi connectivity index (χ3v) is 4.14. The number of hydrogen-bond donors (Lipinski definition) is 3. The van der Waals surface area contributed by atoms with Gasteiger partial charge in [0, 0.05) is 5.92 Å². The van der Waals surface area contributed by atoms with E-state index >= 15 is 0 Å². The van der Waals surface area contributed by atoms with Crippen molar-refractivity contribution < 1.29 is 14.3 Å². The molecule has 0 radical (unpaired) electrons. The number of hydrogen-bond acceptors (Lipinski definition) is 4. The number of benzene rings is 1. The maximum Gasteiger partial charge on any atom is 0.261 e. The van der Waals surface area contributed by atoms with Crippen LogP contribution < -0.4 is 20.9 Å². The molecule has 6 nitrogen and oxygen atoms in total. The zero-order chi connectivity index (χ0) is 17.4. The fourth-order valence-electron chi connectivity index (χ4n) is 2.72. The summed E-state index contributed by atoms with van der Waals surface area (Å²) in [6.07, 6.45) is 5.13. The third kappa shape index (κ3) is 5.19. The second-order valence-electron chi connectivity index (χ2n) is 5.66. The molecular weight excluding hydrogens is 326 g/mol. The van der Waals surface area contributed by atoms with E-state index in [2.05, 4.69) is 16.2 Å². The van der Waals surface area contributed by atoms with Crippen molar-refractivity contribution in [3.63, 3.8) is 0 Å². The normalized spacial score (nSPS) is 14.5. The Kier molecular flexibility index (Phi) is 6.99. The lowest BCUT2D eigenvalue weighted by Gasteiger charge is -2.21. The summed E-state index contributed by atoms with van der Waals surface area (Å²) in [5.41, 5.74) is 5.55. The number of amides is 2. The van der Waals surface area contributed by atoms with Crippen molar-refractivity contribution in [2.24, 2.45) is 5.92 Å². The van der Waals surface area contributed by atoms with Crippen LogP contribution in [-0.4, -0.2) is 23.5 Å². The van der Waals surface area contributed by atoms with Crippen molar-refractivity contribution in [3.8, 4) is 5.75 Å². The van der Waals surface area contributed by atoms with Crippen LogP contribution in [0.2, 0.25) is 0 Å². The molecule has 0 unspecified atom stereocenters. The van der Waals surface area contributed by atoms with Gasteiger partial charge in [-0.25, -0.2) is 0 Å². The van der Waals surface area contributed by atoms with Crippen LogP contribution in [0.1, 0.15) is 49.4 Å². The lowest BCUT2D eigenvalue weighted by molar-refractivity contribution is -0.126. The molecule has 2 rings (SSSR count). The highest BCUT2D eigenvalue weighted by Gasteiger charge is 2.21. The van der Waals surface area contributed by atoms with Crippen molar-refractivity contribution in [2.75, 3.05) is 6.61 Å². The van der Waals surface area contributed by atoms with Gasteiger partial charge in [-0.1, -0.05) is 31.4 Å². The molecule has 0 spiro atoms. The molecular formula is C17H23N3O3S. The van der Waals surface area contributed by atoms with E-state index in [9.17, 15) is 9.59 Å². The molecule has 0 heterocycles. The molecule has 1 aromatic carbocycles. The Morgan fingerprint density at radius 1 is 1.17 bits per heavy atom. The van der Waals surface area contributed by atoms with E-state index in [1.807, 2.05) is 6.92 Å². The second kappa shape index (κ2) is 9.22. The van der Waals surface area contributed by atoms with Crippen molar-refractivity contribution in [1.82, 2.24) is 16.2 Å². The molecule has 2 amide bonds. The van der Waals surface area contributed by atoms with E-state index in [1.54, 1.807) is 24.3 Å². The van der Waals surface area contributed by atoms with Crippen LogP contribution in [0.4, 0.5) is 0 Å². The molecule has 0 aromatic heterocycles. The summed E-state index contributed by atoms with van der Waals surface area (Å²) in [6.45, 7) is 2.31. The van der Waals surface area contributed by atoms with Crippen LogP contribution in [0.15, 0.2) is 24.3 Å². The fraction of sp³-hybridized carbons (Fsp3) is 0.471. The number of thiocarbonyl (C=S) groups is 1. The highest BCUT2D eigenvalue weighted by Crippen LogP contribution is 2.23. The first-order chi connectivity index (χ1) is 11.6. The lowest BCUT2D eigenvalue weighted by atomic mass is 9.89. The minimum atomic E-state index is -0.386. The molecule has 0 aliphatic heterocycles. The second-order valence-corrected chi connectivity index (χ2v) is 6.07. The predicted molar refractivity (Wildman–Crippen MR) is 95.5 cm³/mol. The monoisotopic (exact) mass is 349 g/mol. The van der Waals surface area contributed by atoms with Crippen LogP contribution in [0, 0.1) is 5.92 Å². The van der Waals surface area contributed by atoms with E-state index in [4.69, 9.17) is 17.0 Å². The molecule has 130 valence electrons. The Hall–Kier alpha value is -2.15. The van der Waals surface area contributed by atoms with Crippen LogP contribution >= 0.6 is 12.2 Å². The molecule has 7 heteroatoms. The van der Waals surface area contributed by atoms with Crippen LogP contribution in [0.5, 0.6) is 5.75 Å². The quantitative estimate of drug-likeness (QED) is 0.574. The van der Waals surface area contributed by atoms with Crippen molar-refractivity contribution >= 4 is 29.1 Å². The number of carbonyl (C=O) groups excluding carboxylic acids is 2. The maximum atomic E-state index is 12.3. The summed E-state index contributed by atoms with van der Waals surface area (Å²) < 4.78 is 5.42. The Morgan fingerprint density at radius 3 is 2.58 bits per heavy atom. The topological polar surface area (TPSA) is 79.5 Å². The van der Waals surface area contributed by atoms with Crippen LogP contribution in [0.25, 0.3) is 0 Å². The number of carbonyl (C=O) groups is 2. The number of rotatable bonds is 4. The molecule has 1 saturated carbocycles. The maximum absolute atomic E-state index is 12.3. The molecule has 1 aliphatic carbocycles. The predicted octanol–water partition coefficient (Wildman–Crippen LogP) is 2.30. The molecule has 1 fully saturated rings. The van der Waals surface area contributed by atoms with E-state index in [0.29, 0.717) is 17.9 Å². The summed E-state index contributed by atoms with van der Waals surface area (Å²) >= 11 is 5.06. The smallest absolute Gasteiger partial charge is 0.261 e. The van der Waals surface area contributed by atoms with Gasteiger partial charge in [-0.05, 0) is 44.1 Å². The average Bonchev–Trinajstić information content (AvgIpc) is 2.61. The highest BCUT2D eigenvalue weighted by molar-refractivity contribution is 7.80. The largest absolute Gasteiger partial charge is 0.493 e. The van der Waals surface area contributed by atoms with Gasteiger partial charge in [0.2, 0.25) is 5.91 Å². The molecule has 0 bridgehead atoms. The van der Waals surface area contributed by atoms with E-state index in [1.165, 1.54) is 6.42 Å². The number of nitrogens with one attached hydrogen (secondary N) is 3. The number of ether oxygens (including phenoxy) is 1. The first-order valence-electron chi connectivity index (χ1n) is 8.24. The van der Waals surface area contributed by atoms with Gasteiger partial charge >= 0.3 is 0 Å². The Morgan fingerprint density at radius 2 is 1.88 bits per heavy atom. The SMILES string of the molecule is CCOc1ccccc1C(=O)NC(=S)NNC(=O)C1CCCCC1. The van der Waals surface area contributed by atoms with Gasteiger partial charge in [-0.3, -0.25) is 25.8 Å². The summed E-state index contributed by atoms with van der Waals surface area (Å²) in [6, 6.07) is 6.92. The van der Waals surface area contributed by atoms with Gasteiger partial charge in [0.25, 0.3) is 5.91 Å². The Labute approximate surface area is 147 Å². The Bertz CT molecular complexity index is 600. The minimum absolute atomic E-state index is 0.0171. The summed E-state index contributed by atoms with van der Waals surface area (Å²) in [5.74, 6) is 0.0412. The van der Waals surface area contributed by atoms with E-state index in [0.717, 1.165) is 25.7 Å². The van der Waals surface area contributed by atoms with Gasteiger partial charge in [0.1, 0.15) is 5.75 Å². The van der Waals surface area contributed by atoms with Gasteiger partial charge in [0.05, 0.1) is 12.2 Å². The van der Waals surface area contributed by atoms with Crippen LogP contribution in [-0.2, 0) is 4.79 Å². The van der Waals surface area contributed by atoms with Gasteiger partial charge in [-0.2, -0.15) is 0 Å². The van der Waals surface area contributed by atoms with Gasteiger partial charge in [0.15, 0.2) is 5.11 Å². The van der Waals surface area contributed by atoms with Gasteiger partial charge in [-0.15, -0.1) is 0 Å². The van der Waals surface area contributed by atoms with Gasteiger partial charge < -0.3 is 4.74 Å². The van der Waals surface area contributed by atoms with Crippen LogP contribution in [0.3, 0.4) is 0 Å². The standard InChI is InChI=1S/C17H23N3O3S/c1-2-23-14-11-7-6-10-13(14)16(22)18-17(24)20-19-15(21)12-8-4-3-5-9-12/h6-7,10-12H,2-5,8-9H2,1H3,(H,19,21)(H2,18,20,22,24). The average molecular weight is 349 g/mol. The minimum Gasteiger partial charge on any atom is -0.493 e. The molecule has 1 aromatic rings. The summed E-state index contributed by atoms with van der Waals surface area (Å²) in [7, 11) is 0. The molecule has 0 saturated heterocycles. The molecule has 24 heavy (non-hydrogen) atoms. The first kappa shape index (κ1) is 18.2. The van der Waals surface area contributed by atoms with E-state index < -0.39 is 0 Å². The zero-order valence-corrected chi connectivity index (χ0v) is 14.6. The first-order valence-corrected chi connectivity index (χ1v) is 8.65. The summed E-state index contributed by atoms with van der Waals surface area (Å²) in [5, 5.41) is 2.59. The zero-order valence-electron chi connectivity index (χ0n) is 13.8. The van der Waals surface area contributed by atoms with E-state index in [-0.39, 0.29) is 22.8 Å². The van der Waals surface area contributed by atoms with Crippen molar-refractivity contribution in [1.29, 1.82) is 0 Å².